The number of nitrogens with zero attached hydrogens (tertiary/aromatic N) is 1. The van der Waals surface area contributed by atoms with Gasteiger partial charge in [0, 0.05) is 18.6 Å². The smallest absolute Gasteiger partial charge is 0.122 e. The van der Waals surface area contributed by atoms with E-state index in [9.17, 15) is 5.11 Å². The van der Waals surface area contributed by atoms with Crippen LogP contribution in [-0.4, -0.2) is 41.3 Å². The van der Waals surface area contributed by atoms with Gasteiger partial charge in [0.25, 0.3) is 0 Å². The summed E-state index contributed by atoms with van der Waals surface area (Å²) in [5.41, 5.74) is 7.04. The van der Waals surface area contributed by atoms with Crippen molar-refractivity contribution in [2.45, 2.75) is 76.5 Å². The largest absolute Gasteiger partial charge is 0.493 e. The second-order valence-corrected chi connectivity index (χ2v) is 9.18. The summed E-state index contributed by atoms with van der Waals surface area (Å²) in [6.45, 7) is 4.05. The number of rotatable bonds is 6. The molecular formula is C26H33NO2. The molecule has 0 amide bonds. The first kappa shape index (κ1) is 19.1. The number of aliphatic hydroxyl groups excluding tert-OH is 1. The van der Waals surface area contributed by atoms with E-state index in [1.54, 1.807) is 0 Å². The molecule has 0 aromatic heterocycles. The lowest BCUT2D eigenvalue weighted by Gasteiger charge is -2.37. The van der Waals surface area contributed by atoms with Gasteiger partial charge >= 0.3 is 0 Å². The lowest BCUT2D eigenvalue weighted by atomic mass is 9.93. The molecule has 2 saturated heterocycles. The molecule has 2 fully saturated rings. The third-order valence-electron chi connectivity index (χ3n) is 7.40. The number of benzene rings is 2. The second kappa shape index (κ2) is 8.12. The van der Waals surface area contributed by atoms with Crippen molar-refractivity contribution in [3.63, 3.8) is 0 Å². The molecule has 154 valence electrons. The van der Waals surface area contributed by atoms with E-state index in [-0.39, 0.29) is 6.10 Å². The summed E-state index contributed by atoms with van der Waals surface area (Å²) in [5, 5.41) is 9.99. The van der Waals surface area contributed by atoms with Crippen LogP contribution in [0.25, 0.3) is 11.1 Å². The van der Waals surface area contributed by atoms with Crippen LogP contribution in [0.1, 0.15) is 55.2 Å². The molecule has 3 nitrogen and oxygen atoms in total. The molecule has 1 aliphatic carbocycles. The average molecular weight is 392 g/mol. The van der Waals surface area contributed by atoms with Crippen molar-refractivity contribution in [2.75, 3.05) is 13.2 Å². The maximum absolute atomic E-state index is 9.99. The zero-order valence-electron chi connectivity index (χ0n) is 17.6. The van der Waals surface area contributed by atoms with E-state index in [0.29, 0.717) is 12.1 Å². The molecule has 0 spiro atoms. The molecule has 2 aromatic carbocycles. The highest BCUT2D eigenvalue weighted by molar-refractivity contribution is 5.74. The molecule has 1 N–H and O–H groups in total. The summed E-state index contributed by atoms with van der Waals surface area (Å²) < 4.78 is 6.25. The van der Waals surface area contributed by atoms with E-state index in [4.69, 9.17) is 4.74 Å². The van der Waals surface area contributed by atoms with Crippen LogP contribution in [0.5, 0.6) is 5.75 Å². The minimum Gasteiger partial charge on any atom is -0.493 e. The first-order valence-electron chi connectivity index (χ1n) is 11.5. The molecule has 2 aliphatic heterocycles. The summed E-state index contributed by atoms with van der Waals surface area (Å²) in [4.78, 5) is 2.63. The molecule has 29 heavy (non-hydrogen) atoms. The van der Waals surface area contributed by atoms with Crippen molar-refractivity contribution < 1.29 is 9.84 Å². The molecule has 3 aliphatic rings. The summed E-state index contributed by atoms with van der Waals surface area (Å²) in [6.07, 6.45) is 9.09. The zero-order valence-corrected chi connectivity index (χ0v) is 17.6. The first-order valence-corrected chi connectivity index (χ1v) is 11.5. The highest BCUT2D eigenvalue weighted by Crippen LogP contribution is 2.37. The summed E-state index contributed by atoms with van der Waals surface area (Å²) in [7, 11) is 0. The summed E-state index contributed by atoms with van der Waals surface area (Å²) in [5.74, 6) is 1.02. The molecule has 2 unspecified atom stereocenters. The van der Waals surface area contributed by atoms with Gasteiger partial charge in [-0.25, -0.2) is 0 Å². The van der Waals surface area contributed by atoms with E-state index in [1.165, 1.54) is 59.9 Å². The molecule has 2 aromatic rings. The number of aliphatic hydroxyl groups is 1. The maximum Gasteiger partial charge on any atom is 0.122 e. The predicted molar refractivity (Wildman–Crippen MR) is 118 cm³/mol. The van der Waals surface area contributed by atoms with Crippen LogP contribution in [0.4, 0.5) is 0 Å². The third kappa shape index (κ3) is 3.71. The van der Waals surface area contributed by atoms with Crippen LogP contribution >= 0.6 is 0 Å². The minimum atomic E-state index is -0.0789. The molecular weight excluding hydrogens is 358 g/mol. The Labute approximate surface area is 174 Å². The van der Waals surface area contributed by atoms with Crippen molar-refractivity contribution in [1.82, 2.24) is 4.90 Å². The van der Waals surface area contributed by atoms with Gasteiger partial charge in [-0.05, 0) is 92.2 Å². The van der Waals surface area contributed by atoms with Crippen LogP contribution in [0, 0.1) is 6.92 Å². The van der Waals surface area contributed by atoms with Crippen molar-refractivity contribution in [3.8, 4) is 16.9 Å². The molecule has 2 atom stereocenters. The lowest BCUT2D eigenvalue weighted by molar-refractivity contribution is 0.0331. The number of hydrogen-bond donors (Lipinski definition) is 1. The van der Waals surface area contributed by atoms with Crippen molar-refractivity contribution in [2.24, 2.45) is 0 Å². The van der Waals surface area contributed by atoms with Gasteiger partial charge in [0.2, 0.25) is 0 Å². The quantitative estimate of drug-likeness (QED) is 0.711. The fraction of sp³-hybridized carbons (Fsp3) is 0.538. The van der Waals surface area contributed by atoms with Crippen molar-refractivity contribution in [3.05, 3.63) is 53.1 Å². The molecule has 5 rings (SSSR count). The van der Waals surface area contributed by atoms with Crippen LogP contribution < -0.4 is 4.74 Å². The van der Waals surface area contributed by atoms with Gasteiger partial charge in [0.15, 0.2) is 0 Å². The number of aryl methyl sites for hydroxylation is 1. The molecule has 0 radical (unpaired) electrons. The molecule has 2 heterocycles. The fourth-order valence-corrected chi connectivity index (χ4v) is 5.97. The minimum absolute atomic E-state index is 0.0789. The van der Waals surface area contributed by atoms with Crippen molar-refractivity contribution in [1.29, 1.82) is 0 Å². The van der Waals surface area contributed by atoms with Gasteiger partial charge in [-0.3, -0.25) is 4.90 Å². The highest BCUT2D eigenvalue weighted by Gasteiger charge is 2.39. The number of fused-ring (bicyclic) bond motifs is 3. The highest BCUT2D eigenvalue weighted by atomic mass is 16.5. The Hall–Kier alpha value is -1.84. The van der Waals surface area contributed by atoms with Gasteiger partial charge in [-0.15, -0.1) is 0 Å². The van der Waals surface area contributed by atoms with Crippen LogP contribution in [0.15, 0.2) is 36.4 Å². The predicted octanol–water partition coefficient (Wildman–Crippen LogP) is 4.91. The van der Waals surface area contributed by atoms with E-state index in [0.717, 1.165) is 38.2 Å². The number of piperidine rings is 1. The van der Waals surface area contributed by atoms with Crippen molar-refractivity contribution >= 4 is 0 Å². The fourth-order valence-electron chi connectivity index (χ4n) is 5.97. The normalized spacial score (nSPS) is 25.9. The Kier molecular flexibility index (Phi) is 5.36. The SMILES string of the molecule is Cc1c(OCCCN2C3CCC2CC(O)C3)cccc1-c1cccc2c1CCC2. The zero-order chi connectivity index (χ0) is 19.8. The van der Waals surface area contributed by atoms with E-state index in [2.05, 4.69) is 48.2 Å². The monoisotopic (exact) mass is 391 g/mol. The van der Waals surface area contributed by atoms with E-state index in [1.807, 2.05) is 0 Å². The summed E-state index contributed by atoms with van der Waals surface area (Å²) in [6, 6.07) is 14.4. The topological polar surface area (TPSA) is 32.7 Å². The first-order chi connectivity index (χ1) is 14.2. The van der Waals surface area contributed by atoms with Gasteiger partial charge in [-0.1, -0.05) is 30.3 Å². The second-order valence-electron chi connectivity index (χ2n) is 9.18. The maximum atomic E-state index is 9.99. The summed E-state index contributed by atoms with van der Waals surface area (Å²) >= 11 is 0. The molecule has 2 bridgehead atoms. The van der Waals surface area contributed by atoms with E-state index < -0.39 is 0 Å². The average Bonchev–Trinajstić information content (AvgIpc) is 3.29. The van der Waals surface area contributed by atoms with Crippen LogP contribution in [0.2, 0.25) is 0 Å². The Bertz CT molecular complexity index is 863. The third-order valence-corrected chi connectivity index (χ3v) is 7.40. The Morgan fingerprint density at radius 1 is 1.00 bits per heavy atom. The van der Waals surface area contributed by atoms with Crippen LogP contribution in [-0.2, 0) is 12.8 Å². The number of ether oxygens (including phenoxy) is 1. The molecule has 3 heteroatoms. The Morgan fingerprint density at radius 2 is 1.76 bits per heavy atom. The van der Waals surface area contributed by atoms with Gasteiger partial charge in [0.1, 0.15) is 5.75 Å². The number of hydrogen-bond acceptors (Lipinski definition) is 3. The van der Waals surface area contributed by atoms with Gasteiger partial charge < -0.3 is 9.84 Å². The van der Waals surface area contributed by atoms with Crippen LogP contribution in [0.3, 0.4) is 0 Å². The van der Waals surface area contributed by atoms with Gasteiger partial charge in [-0.2, -0.15) is 0 Å². The Balaban J connectivity index is 1.23. The van der Waals surface area contributed by atoms with E-state index >= 15 is 0 Å². The van der Waals surface area contributed by atoms with Gasteiger partial charge in [0.05, 0.1) is 12.7 Å². The standard InChI is InChI=1S/C26H33NO2/c1-18-23(25-10-3-7-19-6-2-9-24(19)25)8-4-11-26(18)29-15-5-14-27-20-12-13-21(27)17-22(28)16-20/h3-4,7-8,10-11,20-22,28H,2,5-6,9,12-17H2,1H3. The molecule has 0 saturated carbocycles. The lowest BCUT2D eigenvalue weighted by Crippen LogP contribution is -2.45. The Morgan fingerprint density at radius 3 is 2.59 bits per heavy atom.